The van der Waals surface area contributed by atoms with Crippen LogP contribution in [-0.2, 0) is 15.6 Å². The second-order valence-corrected chi connectivity index (χ2v) is 12.8. The number of pyridine rings is 1. The molecule has 2 aliphatic rings. The molecule has 2 saturated carbocycles. The Labute approximate surface area is 223 Å². The minimum atomic E-state index is -0.989. The van der Waals surface area contributed by atoms with Crippen LogP contribution in [-0.4, -0.2) is 30.9 Å². The molecule has 0 spiro atoms. The molecule has 1 amide bonds. The Morgan fingerprint density at radius 2 is 1.84 bits per heavy atom. The van der Waals surface area contributed by atoms with Gasteiger partial charge in [0.2, 0.25) is 5.91 Å². The lowest BCUT2D eigenvalue weighted by molar-refractivity contribution is -0.126. The lowest BCUT2D eigenvalue weighted by Crippen LogP contribution is -2.40. The van der Waals surface area contributed by atoms with Crippen molar-refractivity contribution < 1.29 is 13.4 Å². The van der Waals surface area contributed by atoms with Gasteiger partial charge in [0.15, 0.2) is 0 Å². The standard InChI is InChI=1S/C17H15FN2OS2.C11H16N2O/c1-11(2)23(21)15-5-3-12(4-6-15)16-10-20-17(22-16)13-7-14(18)9-19-8-13;12-8-11(6-7-11)13-10(14)9-4-2-1-3-5-9/h3-11H,1-2H3;9H,1-7H2,(H,13,14). The maximum atomic E-state index is 13.3. The van der Waals surface area contributed by atoms with E-state index in [4.69, 9.17) is 5.26 Å². The maximum Gasteiger partial charge on any atom is 0.224 e. The quantitative estimate of drug-likeness (QED) is 0.399. The molecule has 2 aliphatic carbocycles. The number of halogens is 1. The van der Waals surface area contributed by atoms with Crippen LogP contribution < -0.4 is 5.32 Å². The number of aromatic nitrogens is 2. The Balaban J connectivity index is 0.000000195. The summed E-state index contributed by atoms with van der Waals surface area (Å²) in [7, 11) is -0.989. The first kappa shape index (κ1) is 27.1. The van der Waals surface area contributed by atoms with Gasteiger partial charge in [-0.3, -0.25) is 14.0 Å². The topological polar surface area (TPSA) is 95.7 Å². The number of hydrogen-bond donors (Lipinski definition) is 1. The number of rotatable bonds is 6. The van der Waals surface area contributed by atoms with Crippen molar-refractivity contribution >= 4 is 28.0 Å². The maximum absolute atomic E-state index is 13.3. The molecule has 1 N–H and O–H groups in total. The second kappa shape index (κ2) is 12.1. The number of amides is 1. The third-order valence-electron chi connectivity index (χ3n) is 6.56. The summed E-state index contributed by atoms with van der Waals surface area (Å²) in [5, 5.41) is 12.5. The highest BCUT2D eigenvalue weighted by Crippen LogP contribution is 2.36. The van der Waals surface area contributed by atoms with Crippen LogP contribution in [0.2, 0.25) is 0 Å². The third kappa shape index (κ3) is 7.08. The molecule has 37 heavy (non-hydrogen) atoms. The molecule has 9 heteroatoms. The van der Waals surface area contributed by atoms with Crippen LogP contribution in [0, 0.1) is 23.1 Å². The summed E-state index contributed by atoms with van der Waals surface area (Å²) in [5.74, 6) is -0.0851. The summed E-state index contributed by atoms with van der Waals surface area (Å²) in [6.45, 7) is 3.87. The molecule has 2 aromatic heterocycles. The van der Waals surface area contributed by atoms with E-state index in [-0.39, 0.29) is 22.9 Å². The van der Waals surface area contributed by atoms with Crippen LogP contribution in [0.25, 0.3) is 21.0 Å². The van der Waals surface area contributed by atoms with Crippen LogP contribution in [0.1, 0.15) is 58.8 Å². The summed E-state index contributed by atoms with van der Waals surface area (Å²) in [5.41, 5.74) is 1.19. The fraction of sp³-hybridized carbons (Fsp3) is 0.429. The van der Waals surface area contributed by atoms with Gasteiger partial charge in [0.25, 0.3) is 0 Å². The van der Waals surface area contributed by atoms with E-state index < -0.39 is 16.3 Å². The summed E-state index contributed by atoms with van der Waals surface area (Å²) in [4.78, 5) is 21.7. The zero-order valence-corrected chi connectivity index (χ0v) is 22.7. The van der Waals surface area contributed by atoms with Crippen molar-refractivity contribution in [3.8, 4) is 27.1 Å². The Morgan fingerprint density at radius 3 is 2.43 bits per heavy atom. The molecule has 1 unspecified atom stereocenters. The molecule has 0 aliphatic heterocycles. The van der Waals surface area contributed by atoms with Crippen molar-refractivity contribution in [3.05, 3.63) is 54.7 Å². The van der Waals surface area contributed by atoms with Crippen LogP contribution in [0.3, 0.4) is 0 Å². The Morgan fingerprint density at radius 1 is 1.14 bits per heavy atom. The van der Waals surface area contributed by atoms with Gasteiger partial charge in [-0.25, -0.2) is 9.37 Å². The van der Waals surface area contributed by atoms with Crippen LogP contribution in [0.4, 0.5) is 4.39 Å². The molecule has 194 valence electrons. The average molecular weight is 539 g/mol. The first-order valence-corrected chi connectivity index (χ1v) is 14.6. The lowest BCUT2D eigenvalue weighted by atomic mass is 9.88. The van der Waals surface area contributed by atoms with Gasteiger partial charge in [-0.15, -0.1) is 11.3 Å². The molecule has 0 radical (unpaired) electrons. The van der Waals surface area contributed by atoms with Crippen LogP contribution in [0.5, 0.6) is 0 Å². The minimum Gasteiger partial charge on any atom is -0.338 e. The molecule has 0 bridgehead atoms. The van der Waals surface area contributed by atoms with E-state index in [2.05, 4.69) is 21.4 Å². The molecular formula is C28H31FN4O2S2. The van der Waals surface area contributed by atoms with E-state index >= 15 is 0 Å². The van der Waals surface area contributed by atoms with Crippen molar-refractivity contribution in [2.75, 3.05) is 0 Å². The summed E-state index contributed by atoms with van der Waals surface area (Å²) in [6.07, 6.45) is 11.8. The largest absolute Gasteiger partial charge is 0.338 e. The highest BCUT2D eigenvalue weighted by Gasteiger charge is 2.45. The fourth-order valence-electron chi connectivity index (χ4n) is 4.19. The fourth-order valence-corrected chi connectivity index (χ4v) is 6.04. The SMILES string of the molecule is CC(C)S(=O)c1ccc(-c2cnc(-c3cncc(F)c3)s2)cc1.N#CC1(NC(=O)C2CCCCC2)CC1. The summed E-state index contributed by atoms with van der Waals surface area (Å²) < 4.78 is 25.3. The van der Waals surface area contributed by atoms with Gasteiger partial charge < -0.3 is 5.32 Å². The molecule has 6 nitrogen and oxygen atoms in total. The van der Waals surface area contributed by atoms with Gasteiger partial charge in [-0.1, -0.05) is 45.2 Å². The summed E-state index contributed by atoms with van der Waals surface area (Å²) >= 11 is 1.47. The number of nitrogens with one attached hydrogen (secondary N) is 1. The molecule has 2 fully saturated rings. The van der Waals surface area contributed by atoms with Gasteiger partial charge in [-0.2, -0.15) is 5.26 Å². The zero-order chi connectivity index (χ0) is 26.4. The normalized spacial score (nSPS) is 17.3. The highest BCUT2D eigenvalue weighted by atomic mass is 32.2. The summed E-state index contributed by atoms with van der Waals surface area (Å²) in [6, 6.07) is 11.3. The van der Waals surface area contributed by atoms with E-state index in [9.17, 15) is 13.4 Å². The van der Waals surface area contributed by atoms with Gasteiger partial charge in [0.1, 0.15) is 16.4 Å². The minimum absolute atomic E-state index is 0.0938. The van der Waals surface area contributed by atoms with Gasteiger partial charge in [0, 0.05) is 34.0 Å². The highest BCUT2D eigenvalue weighted by molar-refractivity contribution is 7.85. The molecule has 5 rings (SSSR count). The predicted molar refractivity (Wildman–Crippen MR) is 145 cm³/mol. The number of nitriles is 1. The monoisotopic (exact) mass is 538 g/mol. The predicted octanol–water partition coefficient (Wildman–Crippen LogP) is 6.27. The van der Waals surface area contributed by atoms with E-state index in [1.54, 1.807) is 12.4 Å². The molecule has 1 atom stereocenters. The van der Waals surface area contributed by atoms with Crippen LogP contribution >= 0.6 is 11.3 Å². The van der Waals surface area contributed by atoms with Crippen molar-refractivity contribution in [2.24, 2.45) is 5.92 Å². The third-order valence-corrected chi connectivity index (χ3v) is 9.25. The second-order valence-electron chi connectivity index (χ2n) is 9.81. The number of thiazole rings is 1. The number of carbonyl (C=O) groups is 1. The molecule has 1 aromatic carbocycles. The van der Waals surface area contributed by atoms with E-state index in [1.165, 1.54) is 30.0 Å². The molecule has 0 saturated heterocycles. The smallest absolute Gasteiger partial charge is 0.224 e. The molecule has 3 aromatic rings. The molecular weight excluding hydrogens is 507 g/mol. The van der Waals surface area contributed by atoms with Crippen molar-refractivity contribution in [1.29, 1.82) is 5.26 Å². The number of hydrogen-bond acceptors (Lipinski definition) is 6. The lowest BCUT2D eigenvalue weighted by Gasteiger charge is -2.22. The van der Waals surface area contributed by atoms with Crippen molar-refractivity contribution in [3.63, 3.8) is 0 Å². The van der Waals surface area contributed by atoms with Crippen molar-refractivity contribution in [2.45, 2.75) is 74.5 Å². The Hall–Kier alpha value is -2.96. The first-order valence-electron chi connectivity index (χ1n) is 12.6. The number of carbonyl (C=O) groups excluding carboxylic acids is 1. The Bertz CT molecular complexity index is 1290. The zero-order valence-electron chi connectivity index (χ0n) is 21.1. The van der Waals surface area contributed by atoms with Gasteiger partial charge in [0.05, 0.1) is 27.9 Å². The van der Waals surface area contributed by atoms with E-state index in [0.29, 0.717) is 5.56 Å². The number of benzene rings is 1. The number of nitrogens with zero attached hydrogens (tertiary/aromatic N) is 3. The van der Waals surface area contributed by atoms with E-state index in [0.717, 1.165) is 58.9 Å². The van der Waals surface area contributed by atoms with Crippen LogP contribution in [0.15, 0.2) is 53.8 Å². The average Bonchev–Trinajstić information content (AvgIpc) is 3.51. The van der Waals surface area contributed by atoms with Crippen molar-refractivity contribution in [1.82, 2.24) is 15.3 Å². The van der Waals surface area contributed by atoms with E-state index in [1.807, 2.05) is 38.1 Å². The Kier molecular flexibility index (Phi) is 8.83. The van der Waals surface area contributed by atoms with Gasteiger partial charge in [-0.05, 0) is 49.4 Å². The molecule has 2 heterocycles. The first-order chi connectivity index (χ1) is 17.8. The van der Waals surface area contributed by atoms with Gasteiger partial charge >= 0.3 is 0 Å².